The summed E-state index contributed by atoms with van der Waals surface area (Å²) in [5.74, 6) is 0.753. The second-order valence-electron chi connectivity index (χ2n) is 4.20. The molecule has 1 fully saturated rings. The topological polar surface area (TPSA) is 23.6 Å². The molecule has 0 saturated carbocycles. The summed E-state index contributed by atoms with van der Waals surface area (Å²) in [6.45, 7) is 3.96. The fourth-order valence-electron chi connectivity index (χ4n) is 2.09. The molecule has 0 amide bonds. The van der Waals surface area contributed by atoms with Crippen LogP contribution in [0.3, 0.4) is 0 Å². The molecular weight excluding hydrogens is 164 g/mol. The Bertz CT molecular complexity index is 159. The molecule has 1 aliphatic heterocycles. The number of carbonyl (C=O) groups is 1. The van der Waals surface area contributed by atoms with E-state index in [0.29, 0.717) is 6.54 Å². The molecule has 1 rings (SSSR count). The average molecular weight is 184 g/mol. The van der Waals surface area contributed by atoms with Crippen molar-refractivity contribution in [3.05, 3.63) is 0 Å². The second-order valence-corrected chi connectivity index (χ2v) is 4.20. The third kappa shape index (κ3) is 3.87. The third-order valence-corrected chi connectivity index (χ3v) is 2.56. The van der Waals surface area contributed by atoms with E-state index in [1.165, 1.54) is 12.8 Å². The van der Waals surface area contributed by atoms with E-state index in [9.17, 15) is 4.79 Å². The highest BCUT2D eigenvalue weighted by Gasteiger charge is 2.19. The summed E-state index contributed by atoms with van der Waals surface area (Å²) in [5.41, 5.74) is 0. The normalized spacial score (nSPS) is 25.0. The van der Waals surface area contributed by atoms with Crippen molar-refractivity contribution in [1.82, 2.24) is 9.80 Å². The first-order valence-electron chi connectivity index (χ1n) is 5.03. The maximum atomic E-state index is 10.3. The van der Waals surface area contributed by atoms with E-state index in [1.807, 2.05) is 0 Å². The van der Waals surface area contributed by atoms with Crippen LogP contribution in [0.15, 0.2) is 0 Å². The Labute approximate surface area is 80.7 Å². The average Bonchev–Trinajstić information content (AvgIpc) is 2.04. The van der Waals surface area contributed by atoms with Gasteiger partial charge in [-0.15, -0.1) is 0 Å². The molecule has 0 aromatic carbocycles. The van der Waals surface area contributed by atoms with Gasteiger partial charge >= 0.3 is 0 Å². The first kappa shape index (κ1) is 10.7. The van der Waals surface area contributed by atoms with Gasteiger partial charge in [0, 0.05) is 13.1 Å². The van der Waals surface area contributed by atoms with Gasteiger partial charge in [0.05, 0.1) is 6.54 Å². The molecule has 3 nitrogen and oxygen atoms in total. The van der Waals surface area contributed by atoms with E-state index in [0.717, 1.165) is 31.8 Å². The van der Waals surface area contributed by atoms with Gasteiger partial charge in [-0.1, -0.05) is 0 Å². The Morgan fingerprint density at radius 1 is 1.54 bits per heavy atom. The lowest BCUT2D eigenvalue weighted by Gasteiger charge is -2.32. The minimum absolute atomic E-state index is 0.615. The van der Waals surface area contributed by atoms with Crippen molar-refractivity contribution in [3.8, 4) is 0 Å². The SMILES string of the molecule is CN(C)CC1CCCN(CC=O)C1. The van der Waals surface area contributed by atoms with Gasteiger partial charge in [0.15, 0.2) is 0 Å². The summed E-state index contributed by atoms with van der Waals surface area (Å²) in [7, 11) is 4.22. The van der Waals surface area contributed by atoms with E-state index >= 15 is 0 Å². The van der Waals surface area contributed by atoms with Gasteiger partial charge in [0.2, 0.25) is 0 Å². The maximum Gasteiger partial charge on any atom is 0.133 e. The standard InChI is InChI=1S/C10H20N2O/c1-11(2)8-10-4-3-5-12(9-10)6-7-13/h7,10H,3-6,8-9H2,1-2H3. The lowest BCUT2D eigenvalue weighted by atomic mass is 9.98. The minimum atomic E-state index is 0.615. The Morgan fingerprint density at radius 3 is 2.92 bits per heavy atom. The van der Waals surface area contributed by atoms with E-state index < -0.39 is 0 Å². The van der Waals surface area contributed by atoms with Gasteiger partial charge < -0.3 is 9.69 Å². The lowest BCUT2D eigenvalue weighted by Crippen LogP contribution is -2.40. The van der Waals surface area contributed by atoms with Crippen LogP contribution >= 0.6 is 0 Å². The van der Waals surface area contributed by atoms with Crippen molar-refractivity contribution in [3.63, 3.8) is 0 Å². The smallest absolute Gasteiger partial charge is 0.133 e. The zero-order valence-corrected chi connectivity index (χ0v) is 8.70. The zero-order chi connectivity index (χ0) is 9.68. The minimum Gasteiger partial charge on any atom is -0.309 e. The summed E-state index contributed by atoms with van der Waals surface area (Å²) >= 11 is 0. The number of rotatable bonds is 4. The molecule has 0 bridgehead atoms. The lowest BCUT2D eigenvalue weighted by molar-refractivity contribution is -0.109. The summed E-state index contributed by atoms with van der Waals surface area (Å²) < 4.78 is 0. The molecule has 0 aliphatic carbocycles. The van der Waals surface area contributed by atoms with E-state index in [1.54, 1.807) is 0 Å². The highest BCUT2D eigenvalue weighted by atomic mass is 16.1. The molecule has 76 valence electrons. The van der Waals surface area contributed by atoms with Gasteiger partial charge in [-0.3, -0.25) is 4.90 Å². The molecule has 3 heteroatoms. The summed E-state index contributed by atoms with van der Waals surface area (Å²) in [6.07, 6.45) is 3.57. The third-order valence-electron chi connectivity index (χ3n) is 2.56. The van der Waals surface area contributed by atoms with Crippen molar-refractivity contribution < 1.29 is 4.79 Å². The van der Waals surface area contributed by atoms with Crippen LogP contribution in [-0.4, -0.2) is 56.4 Å². The van der Waals surface area contributed by atoms with Crippen molar-refractivity contribution in [2.45, 2.75) is 12.8 Å². The van der Waals surface area contributed by atoms with E-state index in [4.69, 9.17) is 0 Å². The Balaban J connectivity index is 2.28. The van der Waals surface area contributed by atoms with Crippen LogP contribution in [0.1, 0.15) is 12.8 Å². The van der Waals surface area contributed by atoms with E-state index in [-0.39, 0.29) is 0 Å². The molecule has 1 atom stereocenters. The van der Waals surface area contributed by atoms with Crippen LogP contribution in [0.5, 0.6) is 0 Å². The number of piperidine rings is 1. The number of nitrogens with zero attached hydrogens (tertiary/aromatic N) is 2. The predicted molar refractivity (Wildman–Crippen MR) is 53.8 cm³/mol. The molecule has 1 saturated heterocycles. The van der Waals surface area contributed by atoms with Gasteiger partial charge in [-0.2, -0.15) is 0 Å². The van der Waals surface area contributed by atoms with Gasteiger partial charge in [0.25, 0.3) is 0 Å². The predicted octanol–water partition coefficient (Wildman–Crippen LogP) is 0.459. The quantitative estimate of drug-likeness (QED) is 0.593. The molecule has 13 heavy (non-hydrogen) atoms. The number of aldehydes is 1. The molecule has 0 aromatic rings. The van der Waals surface area contributed by atoms with Crippen LogP contribution < -0.4 is 0 Å². The Kier molecular flexibility index (Phi) is 4.39. The zero-order valence-electron chi connectivity index (χ0n) is 8.70. The molecule has 1 unspecified atom stereocenters. The van der Waals surface area contributed by atoms with Crippen LogP contribution in [-0.2, 0) is 4.79 Å². The highest BCUT2D eigenvalue weighted by Crippen LogP contribution is 2.16. The molecule has 0 N–H and O–H groups in total. The summed E-state index contributed by atoms with van der Waals surface area (Å²) in [5, 5.41) is 0. The maximum absolute atomic E-state index is 10.3. The Hall–Kier alpha value is -0.410. The molecule has 1 aliphatic rings. The Morgan fingerprint density at radius 2 is 2.31 bits per heavy atom. The largest absolute Gasteiger partial charge is 0.309 e. The van der Waals surface area contributed by atoms with Crippen molar-refractivity contribution in [2.24, 2.45) is 5.92 Å². The second kappa shape index (κ2) is 5.35. The van der Waals surface area contributed by atoms with E-state index in [2.05, 4.69) is 23.9 Å². The van der Waals surface area contributed by atoms with Crippen LogP contribution in [0.25, 0.3) is 0 Å². The van der Waals surface area contributed by atoms with Crippen LogP contribution in [0.2, 0.25) is 0 Å². The molecule has 0 spiro atoms. The van der Waals surface area contributed by atoms with Crippen LogP contribution in [0.4, 0.5) is 0 Å². The fourth-order valence-corrected chi connectivity index (χ4v) is 2.09. The molecule has 1 heterocycles. The highest BCUT2D eigenvalue weighted by molar-refractivity contribution is 5.51. The van der Waals surface area contributed by atoms with Crippen molar-refractivity contribution in [2.75, 3.05) is 40.3 Å². The first-order valence-corrected chi connectivity index (χ1v) is 5.03. The molecular formula is C10H20N2O. The number of likely N-dealkylation sites (tertiary alicyclic amines) is 1. The monoisotopic (exact) mass is 184 g/mol. The van der Waals surface area contributed by atoms with Gasteiger partial charge in [-0.25, -0.2) is 0 Å². The summed E-state index contributed by atoms with van der Waals surface area (Å²) in [4.78, 5) is 14.8. The number of hydrogen-bond donors (Lipinski definition) is 0. The van der Waals surface area contributed by atoms with Crippen LogP contribution in [0, 0.1) is 5.92 Å². The van der Waals surface area contributed by atoms with Crippen molar-refractivity contribution >= 4 is 6.29 Å². The number of hydrogen-bond acceptors (Lipinski definition) is 3. The first-order chi connectivity index (χ1) is 6.22. The fraction of sp³-hybridized carbons (Fsp3) is 0.900. The number of carbonyl (C=O) groups excluding carboxylic acids is 1. The molecule has 0 aromatic heterocycles. The van der Waals surface area contributed by atoms with Crippen molar-refractivity contribution in [1.29, 1.82) is 0 Å². The van der Waals surface area contributed by atoms with Gasteiger partial charge in [0.1, 0.15) is 6.29 Å². The summed E-state index contributed by atoms with van der Waals surface area (Å²) in [6, 6.07) is 0. The van der Waals surface area contributed by atoms with Gasteiger partial charge in [-0.05, 0) is 39.4 Å². The molecule has 0 radical (unpaired) electrons.